The zero-order valence-electron chi connectivity index (χ0n) is 10.3. The van der Waals surface area contributed by atoms with Gasteiger partial charge in [0.1, 0.15) is 0 Å². The van der Waals surface area contributed by atoms with Crippen LogP contribution in [0.3, 0.4) is 0 Å². The number of benzene rings is 1. The molecule has 0 heterocycles. The summed E-state index contributed by atoms with van der Waals surface area (Å²) in [7, 11) is 0. The first kappa shape index (κ1) is 15.1. The van der Waals surface area contributed by atoms with Crippen LogP contribution in [0.5, 0.6) is 0 Å². The molecule has 0 bridgehead atoms. The van der Waals surface area contributed by atoms with E-state index in [1.807, 2.05) is 25.1 Å². The van der Waals surface area contributed by atoms with Gasteiger partial charge in [-0.05, 0) is 43.9 Å². The summed E-state index contributed by atoms with van der Waals surface area (Å²) < 4.78 is 0.909. The number of unbranched alkanes of at least 4 members (excludes halogenated alkanes) is 1. The number of rotatable bonds is 6. The molecule has 1 rings (SSSR count). The van der Waals surface area contributed by atoms with E-state index in [1.54, 1.807) is 0 Å². The van der Waals surface area contributed by atoms with Crippen LogP contribution in [0.4, 0.5) is 0 Å². The molecule has 98 valence electrons. The van der Waals surface area contributed by atoms with E-state index in [0.29, 0.717) is 17.1 Å². The smallest absolute Gasteiger partial charge is 0.251 e. The summed E-state index contributed by atoms with van der Waals surface area (Å²) >= 11 is 8.16. The van der Waals surface area contributed by atoms with E-state index in [9.17, 15) is 4.79 Å². The van der Waals surface area contributed by atoms with Crippen molar-refractivity contribution in [2.24, 2.45) is 5.73 Å². The number of amides is 1. The average molecular weight is 329 g/mol. The van der Waals surface area contributed by atoms with E-state index in [0.717, 1.165) is 29.3 Å². The second kappa shape index (κ2) is 7.48. The zero-order chi connectivity index (χ0) is 13.5. The highest BCUT2D eigenvalue weighted by atomic mass is 79.9. The van der Waals surface area contributed by atoms with Gasteiger partial charge in [-0.2, -0.15) is 0 Å². The van der Waals surface area contributed by atoms with Crippen LogP contribution >= 0.6 is 28.1 Å². The Morgan fingerprint density at radius 2 is 2.17 bits per heavy atom. The molecule has 0 saturated heterocycles. The Morgan fingerprint density at radius 1 is 1.44 bits per heavy atom. The molecule has 0 radical (unpaired) electrons. The molecule has 5 heteroatoms. The van der Waals surface area contributed by atoms with Gasteiger partial charge in [0.25, 0.3) is 5.91 Å². The van der Waals surface area contributed by atoms with Crippen LogP contribution in [0, 0.1) is 6.92 Å². The van der Waals surface area contributed by atoms with E-state index in [1.165, 1.54) is 0 Å². The molecule has 0 aliphatic rings. The first-order valence-corrected chi connectivity index (χ1v) is 7.03. The van der Waals surface area contributed by atoms with Crippen molar-refractivity contribution in [1.29, 1.82) is 0 Å². The monoisotopic (exact) mass is 328 g/mol. The van der Waals surface area contributed by atoms with Gasteiger partial charge < -0.3 is 11.1 Å². The Morgan fingerprint density at radius 3 is 2.83 bits per heavy atom. The van der Waals surface area contributed by atoms with Crippen molar-refractivity contribution >= 4 is 39.0 Å². The second-order valence-electron chi connectivity index (χ2n) is 4.14. The van der Waals surface area contributed by atoms with E-state index >= 15 is 0 Å². The molecule has 0 unspecified atom stereocenters. The van der Waals surface area contributed by atoms with Crippen LogP contribution in [0.1, 0.15) is 35.2 Å². The van der Waals surface area contributed by atoms with Gasteiger partial charge in [-0.3, -0.25) is 4.79 Å². The van der Waals surface area contributed by atoms with Gasteiger partial charge in [0, 0.05) is 16.6 Å². The largest absolute Gasteiger partial charge is 0.393 e. The summed E-state index contributed by atoms with van der Waals surface area (Å²) in [5.41, 5.74) is 7.08. The van der Waals surface area contributed by atoms with Gasteiger partial charge in [-0.15, -0.1) is 0 Å². The van der Waals surface area contributed by atoms with E-state index in [2.05, 4.69) is 21.2 Å². The highest BCUT2D eigenvalue weighted by Crippen LogP contribution is 2.15. The van der Waals surface area contributed by atoms with Crippen molar-refractivity contribution in [3.63, 3.8) is 0 Å². The molecule has 0 spiro atoms. The Balaban J connectivity index is 2.41. The number of hydrogen-bond acceptors (Lipinski definition) is 2. The standard InChI is InChI=1S/C13H17BrN2OS/c1-9-5-6-10(14)8-11(9)13(17)16-7-3-2-4-12(15)18/h5-6,8H,2-4,7H2,1H3,(H2,15,18)(H,16,17). The maximum absolute atomic E-state index is 11.9. The Bertz CT molecular complexity index is 449. The third-order valence-corrected chi connectivity index (χ3v) is 3.28. The number of carbonyl (C=O) groups is 1. The van der Waals surface area contributed by atoms with Gasteiger partial charge in [-0.25, -0.2) is 0 Å². The maximum Gasteiger partial charge on any atom is 0.251 e. The zero-order valence-corrected chi connectivity index (χ0v) is 12.7. The van der Waals surface area contributed by atoms with E-state index in [-0.39, 0.29) is 5.91 Å². The van der Waals surface area contributed by atoms with Gasteiger partial charge in [0.15, 0.2) is 0 Å². The maximum atomic E-state index is 11.9. The first-order valence-electron chi connectivity index (χ1n) is 5.83. The minimum atomic E-state index is -0.0378. The molecule has 1 aromatic rings. The van der Waals surface area contributed by atoms with Crippen LogP contribution in [-0.2, 0) is 0 Å². The predicted octanol–water partition coefficient (Wildman–Crippen LogP) is 2.94. The summed E-state index contributed by atoms with van der Waals surface area (Å²) in [5.74, 6) is -0.0378. The third-order valence-electron chi connectivity index (χ3n) is 2.58. The van der Waals surface area contributed by atoms with Crippen LogP contribution in [0.2, 0.25) is 0 Å². The Kier molecular flexibility index (Phi) is 6.29. The molecular formula is C13H17BrN2OS. The van der Waals surface area contributed by atoms with Crippen molar-refractivity contribution in [1.82, 2.24) is 5.32 Å². The molecule has 0 saturated carbocycles. The second-order valence-corrected chi connectivity index (χ2v) is 5.58. The van der Waals surface area contributed by atoms with Gasteiger partial charge in [-0.1, -0.05) is 34.2 Å². The number of carbonyl (C=O) groups excluding carboxylic acids is 1. The Labute approximate surface area is 121 Å². The molecule has 3 N–H and O–H groups in total. The fourth-order valence-corrected chi connectivity index (χ4v) is 2.07. The lowest BCUT2D eigenvalue weighted by molar-refractivity contribution is 0.0952. The number of aryl methyl sites for hydroxylation is 1. The van der Waals surface area contributed by atoms with Crippen LogP contribution in [-0.4, -0.2) is 17.4 Å². The Hall–Kier alpha value is -0.940. The summed E-state index contributed by atoms with van der Waals surface area (Å²) in [6.45, 7) is 2.57. The normalized spacial score (nSPS) is 10.1. The van der Waals surface area contributed by atoms with Crippen molar-refractivity contribution in [3.05, 3.63) is 33.8 Å². The van der Waals surface area contributed by atoms with Crippen LogP contribution in [0.15, 0.2) is 22.7 Å². The average Bonchev–Trinajstić information content (AvgIpc) is 2.31. The van der Waals surface area contributed by atoms with Crippen molar-refractivity contribution in [2.75, 3.05) is 6.54 Å². The van der Waals surface area contributed by atoms with E-state index in [4.69, 9.17) is 18.0 Å². The fraction of sp³-hybridized carbons (Fsp3) is 0.385. The highest BCUT2D eigenvalue weighted by molar-refractivity contribution is 9.10. The van der Waals surface area contributed by atoms with Crippen LogP contribution < -0.4 is 11.1 Å². The molecule has 0 atom stereocenters. The quantitative estimate of drug-likeness (QED) is 0.623. The fourth-order valence-electron chi connectivity index (χ4n) is 1.56. The predicted molar refractivity (Wildman–Crippen MR) is 81.8 cm³/mol. The molecule has 1 aromatic carbocycles. The number of nitrogens with two attached hydrogens (primary N) is 1. The summed E-state index contributed by atoms with van der Waals surface area (Å²) in [6.07, 6.45) is 2.53. The molecule has 18 heavy (non-hydrogen) atoms. The number of halogens is 1. The van der Waals surface area contributed by atoms with Gasteiger partial charge in [0.05, 0.1) is 4.99 Å². The highest BCUT2D eigenvalue weighted by Gasteiger charge is 2.08. The lowest BCUT2D eigenvalue weighted by Gasteiger charge is -2.08. The van der Waals surface area contributed by atoms with Gasteiger partial charge >= 0.3 is 0 Å². The third kappa shape index (κ3) is 5.14. The summed E-state index contributed by atoms with van der Waals surface area (Å²) in [4.78, 5) is 12.5. The number of nitrogens with one attached hydrogen (secondary N) is 1. The SMILES string of the molecule is Cc1ccc(Br)cc1C(=O)NCCCCC(N)=S. The minimum absolute atomic E-state index is 0.0378. The minimum Gasteiger partial charge on any atom is -0.393 e. The molecule has 0 aliphatic carbocycles. The molecule has 0 aromatic heterocycles. The molecule has 0 aliphatic heterocycles. The summed E-state index contributed by atoms with van der Waals surface area (Å²) in [5, 5.41) is 2.90. The first-order chi connectivity index (χ1) is 8.50. The van der Waals surface area contributed by atoms with Crippen molar-refractivity contribution in [2.45, 2.75) is 26.2 Å². The molecule has 3 nitrogen and oxygen atoms in total. The lowest BCUT2D eigenvalue weighted by Crippen LogP contribution is -2.25. The van der Waals surface area contributed by atoms with Crippen molar-refractivity contribution in [3.8, 4) is 0 Å². The molecule has 0 fully saturated rings. The van der Waals surface area contributed by atoms with Crippen LogP contribution in [0.25, 0.3) is 0 Å². The number of hydrogen-bond donors (Lipinski definition) is 2. The van der Waals surface area contributed by atoms with Crippen molar-refractivity contribution < 1.29 is 4.79 Å². The molecule has 1 amide bonds. The topological polar surface area (TPSA) is 55.1 Å². The lowest BCUT2D eigenvalue weighted by atomic mass is 10.1. The van der Waals surface area contributed by atoms with E-state index < -0.39 is 0 Å². The number of thiocarbonyl (C=S) groups is 1. The molecular weight excluding hydrogens is 312 g/mol. The summed E-state index contributed by atoms with van der Waals surface area (Å²) in [6, 6.07) is 5.68. The van der Waals surface area contributed by atoms with Gasteiger partial charge in [0.2, 0.25) is 0 Å².